The summed E-state index contributed by atoms with van der Waals surface area (Å²) in [6.07, 6.45) is 1.87. The van der Waals surface area contributed by atoms with Crippen molar-refractivity contribution >= 4 is 45.3 Å². The second-order valence-corrected chi connectivity index (χ2v) is 5.37. The molecule has 4 nitrogen and oxygen atoms in total. The van der Waals surface area contributed by atoms with Crippen molar-refractivity contribution < 1.29 is 9.53 Å². The summed E-state index contributed by atoms with van der Waals surface area (Å²) in [4.78, 5) is 19.5. The molecule has 2 aromatic heterocycles. The van der Waals surface area contributed by atoms with Gasteiger partial charge in [-0.2, -0.15) is 0 Å². The van der Waals surface area contributed by atoms with Crippen molar-refractivity contribution in [3.8, 4) is 0 Å². The van der Waals surface area contributed by atoms with Crippen molar-refractivity contribution in [1.82, 2.24) is 9.97 Å². The van der Waals surface area contributed by atoms with Crippen LogP contribution in [0, 0.1) is 0 Å². The Morgan fingerprint density at radius 2 is 2.20 bits per heavy atom. The van der Waals surface area contributed by atoms with Gasteiger partial charge >= 0.3 is 5.97 Å². The van der Waals surface area contributed by atoms with Crippen molar-refractivity contribution in [2.45, 2.75) is 0 Å². The summed E-state index contributed by atoms with van der Waals surface area (Å²) in [6.45, 7) is 0. The molecule has 0 aliphatic carbocycles. The molecule has 1 N–H and O–H groups in total. The van der Waals surface area contributed by atoms with Gasteiger partial charge in [0.05, 0.1) is 12.0 Å². The van der Waals surface area contributed by atoms with E-state index in [0.29, 0.717) is 9.87 Å². The summed E-state index contributed by atoms with van der Waals surface area (Å²) in [5, 5.41) is 3.35. The molecule has 6 heteroatoms. The summed E-state index contributed by atoms with van der Waals surface area (Å²) in [5.74, 6) is -0.450. The predicted molar refractivity (Wildman–Crippen MR) is 82.6 cm³/mol. The molecule has 0 aliphatic heterocycles. The Balaban J connectivity index is 2.00. The first kappa shape index (κ1) is 13.0. The van der Waals surface area contributed by atoms with E-state index in [1.165, 1.54) is 18.4 Å². The van der Waals surface area contributed by atoms with Crippen LogP contribution in [0.1, 0.15) is 21.1 Å². The highest BCUT2D eigenvalue weighted by atomic mass is 32.1. The maximum absolute atomic E-state index is 11.4. The molecule has 3 rings (SSSR count). The van der Waals surface area contributed by atoms with E-state index in [0.717, 1.165) is 16.5 Å². The second-order valence-electron chi connectivity index (χ2n) is 4.11. The number of ether oxygens (including phenoxy) is 1. The average Bonchev–Trinajstić information content (AvgIpc) is 3.12. The van der Waals surface area contributed by atoms with Gasteiger partial charge in [0, 0.05) is 28.0 Å². The standard InChI is InChI=1S/C14H10N2O2S2/c1-18-14(17)11-7-20-13(16-11)12(19)9-6-15-10-5-3-2-4-8(9)10/h2-7,15H,1H3. The van der Waals surface area contributed by atoms with Crippen LogP contribution in [-0.2, 0) is 4.74 Å². The number of hydrogen-bond acceptors (Lipinski definition) is 5. The van der Waals surface area contributed by atoms with Crippen LogP contribution in [0.25, 0.3) is 10.9 Å². The topological polar surface area (TPSA) is 55.0 Å². The summed E-state index contributed by atoms with van der Waals surface area (Å²) >= 11 is 6.82. The molecular weight excluding hydrogens is 292 g/mol. The van der Waals surface area contributed by atoms with E-state index in [9.17, 15) is 4.79 Å². The van der Waals surface area contributed by atoms with Crippen LogP contribution in [0.3, 0.4) is 0 Å². The number of H-pyrrole nitrogens is 1. The number of aromatic amines is 1. The number of nitrogens with zero attached hydrogens (tertiary/aromatic N) is 1. The number of thiazole rings is 1. The van der Waals surface area contributed by atoms with Crippen LogP contribution in [0.5, 0.6) is 0 Å². The quantitative estimate of drug-likeness (QED) is 0.459. The van der Waals surface area contributed by atoms with Crippen molar-refractivity contribution in [3.05, 3.63) is 52.1 Å². The smallest absolute Gasteiger partial charge is 0.357 e. The molecule has 2 heterocycles. The van der Waals surface area contributed by atoms with Gasteiger partial charge in [-0.3, -0.25) is 0 Å². The third-order valence-corrected chi connectivity index (χ3v) is 4.33. The van der Waals surface area contributed by atoms with Crippen LogP contribution in [0.15, 0.2) is 35.8 Å². The van der Waals surface area contributed by atoms with Gasteiger partial charge < -0.3 is 9.72 Å². The minimum absolute atomic E-state index is 0.287. The normalized spacial score (nSPS) is 10.7. The maximum atomic E-state index is 11.4. The van der Waals surface area contributed by atoms with Crippen molar-refractivity contribution in [1.29, 1.82) is 0 Å². The lowest BCUT2D eigenvalue weighted by Gasteiger charge is -1.98. The van der Waals surface area contributed by atoms with Crippen molar-refractivity contribution in [2.75, 3.05) is 7.11 Å². The molecule has 0 saturated heterocycles. The summed E-state index contributed by atoms with van der Waals surface area (Å²) < 4.78 is 4.65. The Bertz CT molecular complexity index is 804. The lowest BCUT2D eigenvalue weighted by atomic mass is 10.1. The van der Waals surface area contributed by atoms with Gasteiger partial charge in [0.25, 0.3) is 0 Å². The fourth-order valence-corrected chi connectivity index (χ4v) is 3.05. The number of rotatable bonds is 3. The van der Waals surface area contributed by atoms with Gasteiger partial charge in [-0.05, 0) is 6.07 Å². The molecule has 20 heavy (non-hydrogen) atoms. The Kier molecular flexibility index (Phi) is 3.33. The van der Waals surface area contributed by atoms with Gasteiger partial charge in [-0.25, -0.2) is 9.78 Å². The van der Waals surface area contributed by atoms with E-state index in [-0.39, 0.29) is 5.69 Å². The number of fused-ring (bicyclic) bond motifs is 1. The summed E-state index contributed by atoms with van der Waals surface area (Å²) in [5.41, 5.74) is 2.23. The molecule has 0 atom stereocenters. The highest BCUT2D eigenvalue weighted by molar-refractivity contribution is 7.81. The van der Waals surface area contributed by atoms with E-state index in [1.807, 2.05) is 30.5 Å². The number of methoxy groups -OCH3 is 1. The van der Waals surface area contributed by atoms with E-state index in [2.05, 4.69) is 14.7 Å². The van der Waals surface area contributed by atoms with Crippen LogP contribution in [0.4, 0.5) is 0 Å². The van der Waals surface area contributed by atoms with Crippen LogP contribution < -0.4 is 0 Å². The third-order valence-electron chi connectivity index (χ3n) is 2.93. The average molecular weight is 302 g/mol. The van der Waals surface area contributed by atoms with Gasteiger partial charge in [0.1, 0.15) is 5.01 Å². The van der Waals surface area contributed by atoms with E-state index in [4.69, 9.17) is 12.2 Å². The van der Waals surface area contributed by atoms with Crippen LogP contribution in [0.2, 0.25) is 0 Å². The molecule has 1 aromatic carbocycles. The zero-order valence-electron chi connectivity index (χ0n) is 10.5. The molecule has 0 saturated carbocycles. The number of carbonyl (C=O) groups is 1. The monoisotopic (exact) mass is 302 g/mol. The maximum Gasteiger partial charge on any atom is 0.357 e. The molecule has 3 aromatic rings. The van der Waals surface area contributed by atoms with Crippen molar-refractivity contribution in [2.24, 2.45) is 0 Å². The van der Waals surface area contributed by atoms with Crippen molar-refractivity contribution in [3.63, 3.8) is 0 Å². The largest absolute Gasteiger partial charge is 0.464 e. The molecule has 0 bridgehead atoms. The number of hydrogen-bond donors (Lipinski definition) is 1. The third kappa shape index (κ3) is 2.13. The highest BCUT2D eigenvalue weighted by Crippen LogP contribution is 2.23. The molecule has 0 spiro atoms. The second kappa shape index (κ2) is 5.15. The van der Waals surface area contributed by atoms with E-state index >= 15 is 0 Å². The number of esters is 1. The fraction of sp³-hybridized carbons (Fsp3) is 0.0714. The number of aromatic nitrogens is 2. The zero-order chi connectivity index (χ0) is 14.1. The molecule has 0 radical (unpaired) electrons. The fourth-order valence-electron chi connectivity index (χ4n) is 1.95. The number of carbonyl (C=O) groups excluding carboxylic acids is 1. The zero-order valence-corrected chi connectivity index (χ0v) is 12.2. The first-order chi connectivity index (χ1) is 9.70. The number of nitrogens with one attached hydrogen (secondary N) is 1. The number of thiocarbonyl (C=S) groups is 1. The molecule has 0 amide bonds. The first-order valence-electron chi connectivity index (χ1n) is 5.85. The molecule has 0 aliphatic rings. The summed E-state index contributed by atoms with van der Waals surface area (Å²) in [6, 6.07) is 7.92. The lowest BCUT2D eigenvalue weighted by molar-refractivity contribution is 0.0595. The van der Waals surface area contributed by atoms with E-state index in [1.54, 1.807) is 5.38 Å². The Morgan fingerprint density at radius 3 is 3.00 bits per heavy atom. The highest BCUT2D eigenvalue weighted by Gasteiger charge is 2.16. The van der Waals surface area contributed by atoms with Crippen LogP contribution >= 0.6 is 23.6 Å². The SMILES string of the molecule is COC(=O)c1csc(C(=S)c2c[nH]c3ccccc23)n1. The number of para-hydroxylation sites is 1. The first-order valence-corrected chi connectivity index (χ1v) is 7.14. The van der Waals surface area contributed by atoms with Gasteiger partial charge in [-0.1, -0.05) is 30.4 Å². The Morgan fingerprint density at radius 1 is 1.40 bits per heavy atom. The van der Waals surface area contributed by atoms with E-state index < -0.39 is 5.97 Å². The minimum Gasteiger partial charge on any atom is -0.464 e. The van der Waals surface area contributed by atoms with Gasteiger partial charge in [-0.15, -0.1) is 11.3 Å². The van der Waals surface area contributed by atoms with Gasteiger partial charge in [0.2, 0.25) is 0 Å². The summed E-state index contributed by atoms with van der Waals surface area (Å²) in [7, 11) is 1.33. The Labute approximate surface area is 124 Å². The minimum atomic E-state index is -0.450. The van der Waals surface area contributed by atoms with Crippen LogP contribution in [-0.4, -0.2) is 27.9 Å². The Hall–Kier alpha value is -2.05. The molecule has 0 unspecified atom stereocenters. The number of benzene rings is 1. The molecule has 0 fully saturated rings. The molecule has 100 valence electrons. The lowest BCUT2D eigenvalue weighted by Crippen LogP contribution is -2.04. The van der Waals surface area contributed by atoms with Gasteiger partial charge in [0.15, 0.2) is 5.69 Å². The molecular formula is C14H10N2O2S2. The predicted octanol–water partition coefficient (Wildman–Crippen LogP) is 3.18.